The molecule has 0 aliphatic heterocycles. The Balaban J connectivity index is 2.22. The number of primary amides is 1. The summed E-state index contributed by atoms with van der Waals surface area (Å²) in [5, 5.41) is 0.269. The van der Waals surface area contributed by atoms with Gasteiger partial charge in [0.25, 0.3) is 0 Å². The topological polar surface area (TPSA) is 60.9 Å². The zero-order valence-corrected chi connectivity index (χ0v) is 9.91. The van der Waals surface area contributed by atoms with E-state index in [-0.39, 0.29) is 17.1 Å². The summed E-state index contributed by atoms with van der Waals surface area (Å²) in [6, 6.07) is 0. The Hall–Kier alpha value is -0.970. The monoisotopic (exact) mass is 227 g/mol. The van der Waals surface area contributed by atoms with Gasteiger partial charge < -0.3 is 10.3 Å². The zero-order chi connectivity index (χ0) is 11.3. The standard InChI is InChI=1S/C10H17N3OS/c1-8(10(11)14)9(2)15-6-5-13-4-3-12-7-13/h3-4,7-9H,5-6H2,1-2H3,(H2,11,14). The molecule has 1 amide bonds. The summed E-state index contributed by atoms with van der Waals surface area (Å²) in [6.07, 6.45) is 5.49. The lowest BCUT2D eigenvalue weighted by Crippen LogP contribution is -2.28. The van der Waals surface area contributed by atoms with Gasteiger partial charge in [-0.25, -0.2) is 4.98 Å². The first-order valence-corrected chi connectivity index (χ1v) is 6.02. The summed E-state index contributed by atoms with van der Waals surface area (Å²) in [5.41, 5.74) is 5.24. The van der Waals surface area contributed by atoms with Gasteiger partial charge in [0.15, 0.2) is 0 Å². The molecule has 1 aromatic heterocycles. The largest absolute Gasteiger partial charge is 0.369 e. The second kappa shape index (κ2) is 5.80. The van der Waals surface area contributed by atoms with Crippen LogP contribution in [0.25, 0.3) is 0 Å². The van der Waals surface area contributed by atoms with E-state index in [0.29, 0.717) is 0 Å². The van der Waals surface area contributed by atoms with E-state index in [9.17, 15) is 4.79 Å². The Labute approximate surface area is 94.2 Å². The number of aryl methyl sites for hydroxylation is 1. The van der Waals surface area contributed by atoms with E-state index in [1.54, 1.807) is 24.3 Å². The van der Waals surface area contributed by atoms with Crippen LogP contribution in [-0.4, -0.2) is 26.5 Å². The van der Waals surface area contributed by atoms with Crippen LogP contribution in [0.2, 0.25) is 0 Å². The second-order valence-electron chi connectivity index (χ2n) is 3.57. The average molecular weight is 227 g/mol. The summed E-state index contributed by atoms with van der Waals surface area (Å²) < 4.78 is 2.02. The molecule has 2 atom stereocenters. The predicted molar refractivity (Wildman–Crippen MR) is 62.5 cm³/mol. The van der Waals surface area contributed by atoms with E-state index >= 15 is 0 Å². The number of amides is 1. The number of thioether (sulfide) groups is 1. The van der Waals surface area contributed by atoms with Crippen LogP contribution in [0, 0.1) is 5.92 Å². The molecule has 0 fully saturated rings. The SMILES string of the molecule is CC(SCCn1ccnc1)C(C)C(N)=O. The number of hydrogen-bond acceptors (Lipinski definition) is 3. The third-order valence-electron chi connectivity index (χ3n) is 2.44. The number of imidazole rings is 1. The maximum atomic E-state index is 10.9. The van der Waals surface area contributed by atoms with Crippen molar-refractivity contribution in [1.29, 1.82) is 0 Å². The van der Waals surface area contributed by atoms with Crippen LogP contribution in [0.1, 0.15) is 13.8 Å². The van der Waals surface area contributed by atoms with E-state index in [0.717, 1.165) is 12.3 Å². The summed E-state index contributed by atoms with van der Waals surface area (Å²) >= 11 is 1.76. The molecule has 0 aliphatic carbocycles. The van der Waals surface area contributed by atoms with Gasteiger partial charge in [0.1, 0.15) is 0 Å². The number of nitrogens with two attached hydrogens (primary N) is 1. The molecule has 0 aromatic carbocycles. The maximum Gasteiger partial charge on any atom is 0.221 e. The molecule has 0 radical (unpaired) electrons. The van der Waals surface area contributed by atoms with Crippen LogP contribution in [-0.2, 0) is 11.3 Å². The summed E-state index contributed by atoms with van der Waals surface area (Å²) in [6.45, 7) is 4.83. The first-order chi connectivity index (χ1) is 7.11. The maximum absolute atomic E-state index is 10.9. The van der Waals surface area contributed by atoms with Crippen LogP contribution >= 0.6 is 11.8 Å². The van der Waals surface area contributed by atoms with Crippen molar-refractivity contribution < 1.29 is 4.79 Å². The van der Waals surface area contributed by atoms with Gasteiger partial charge in [-0.05, 0) is 0 Å². The van der Waals surface area contributed by atoms with Crippen LogP contribution < -0.4 is 5.73 Å². The molecular formula is C10H17N3OS. The summed E-state index contributed by atoms with van der Waals surface area (Å²) in [7, 11) is 0. The van der Waals surface area contributed by atoms with Gasteiger partial charge in [-0.2, -0.15) is 11.8 Å². The summed E-state index contributed by atoms with van der Waals surface area (Å²) in [4.78, 5) is 14.9. The highest BCUT2D eigenvalue weighted by atomic mass is 32.2. The first-order valence-electron chi connectivity index (χ1n) is 4.98. The predicted octanol–water partition coefficient (Wildman–Crippen LogP) is 1.13. The lowest BCUT2D eigenvalue weighted by Gasteiger charge is -2.16. The van der Waals surface area contributed by atoms with Crippen molar-refractivity contribution in [2.24, 2.45) is 11.7 Å². The number of carbonyl (C=O) groups is 1. The highest BCUT2D eigenvalue weighted by Gasteiger charge is 2.17. The van der Waals surface area contributed by atoms with E-state index < -0.39 is 0 Å². The fourth-order valence-corrected chi connectivity index (χ4v) is 2.25. The third kappa shape index (κ3) is 3.95. The Kier molecular flexibility index (Phi) is 4.68. The fourth-order valence-electron chi connectivity index (χ4n) is 1.14. The van der Waals surface area contributed by atoms with Crippen molar-refractivity contribution >= 4 is 17.7 Å². The van der Waals surface area contributed by atoms with Gasteiger partial charge in [0.2, 0.25) is 5.91 Å². The molecule has 4 nitrogen and oxygen atoms in total. The highest BCUT2D eigenvalue weighted by molar-refractivity contribution is 7.99. The van der Waals surface area contributed by atoms with Gasteiger partial charge in [0.05, 0.1) is 6.33 Å². The van der Waals surface area contributed by atoms with Gasteiger partial charge in [0, 0.05) is 35.9 Å². The minimum absolute atomic E-state index is 0.0715. The normalized spacial score (nSPS) is 14.8. The molecular weight excluding hydrogens is 210 g/mol. The minimum Gasteiger partial charge on any atom is -0.369 e. The Bertz CT molecular complexity index is 300. The van der Waals surface area contributed by atoms with Crippen LogP contribution in [0.5, 0.6) is 0 Å². The zero-order valence-electron chi connectivity index (χ0n) is 9.09. The Morgan fingerprint density at radius 2 is 2.33 bits per heavy atom. The van der Waals surface area contributed by atoms with Crippen molar-refractivity contribution in [2.45, 2.75) is 25.6 Å². The summed E-state index contributed by atoms with van der Waals surface area (Å²) in [5.74, 6) is 0.671. The molecule has 1 rings (SSSR count). The smallest absolute Gasteiger partial charge is 0.221 e. The van der Waals surface area contributed by atoms with Crippen LogP contribution in [0.3, 0.4) is 0 Å². The van der Waals surface area contributed by atoms with Crippen molar-refractivity contribution in [2.75, 3.05) is 5.75 Å². The molecule has 0 saturated carbocycles. The van der Waals surface area contributed by atoms with E-state index in [4.69, 9.17) is 5.73 Å². The minimum atomic E-state index is -0.224. The molecule has 2 unspecified atom stereocenters. The Morgan fingerprint density at radius 1 is 1.60 bits per heavy atom. The van der Waals surface area contributed by atoms with E-state index in [2.05, 4.69) is 4.98 Å². The molecule has 1 heterocycles. The quantitative estimate of drug-likeness (QED) is 0.792. The van der Waals surface area contributed by atoms with Crippen molar-refractivity contribution in [3.05, 3.63) is 18.7 Å². The average Bonchev–Trinajstić information content (AvgIpc) is 2.69. The molecule has 0 spiro atoms. The van der Waals surface area contributed by atoms with Gasteiger partial charge in [-0.1, -0.05) is 13.8 Å². The molecule has 5 heteroatoms. The number of aromatic nitrogens is 2. The highest BCUT2D eigenvalue weighted by Crippen LogP contribution is 2.18. The van der Waals surface area contributed by atoms with Crippen LogP contribution in [0.4, 0.5) is 0 Å². The number of hydrogen-bond donors (Lipinski definition) is 1. The lowest BCUT2D eigenvalue weighted by molar-refractivity contribution is -0.121. The third-order valence-corrected chi connectivity index (χ3v) is 3.79. The Morgan fingerprint density at radius 3 is 2.87 bits per heavy atom. The van der Waals surface area contributed by atoms with Crippen molar-refractivity contribution in [1.82, 2.24) is 9.55 Å². The van der Waals surface area contributed by atoms with Crippen LogP contribution in [0.15, 0.2) is 18.7 Å². The van der Waals surface area contributed by atoms with E-state index in [1.807, 2.05) is 24.6 Å². The lowest BCUT2D eigenvalue weighted by atomic mass is 10.1. The van der Waals surface area contributed by atoms with Crippen molar-refractivity contribution in [3.8, 4) is 0 Å². The van der Waals surface area contributed by atoms with Gasteiger partial charge in [-0.3, -0.25) is 4.79 Å². The fraction of sp³-hybridized carbons (Fsp3) is 0.600. The molecule has 0 bridgehead atoms. The number of nitrogens with zero attached hydrogens (tertiary/aromatic N) is 2. The van der Waals surface area contributed by atoms with Crippen molar-refractivity contribution in [3.63, 3.8) is 0 Å². The van der Waals surface area contributed by atoms with Gasteiger partial charge >= 0.3 is 0 Å². The molecule has 0 saturated heterocycles. The van der Waals surface area contributed by atoms with E-state index in [1.165, 1.54) is 0 Å². The molecule has 0 aliphatic rings. The molecule has 1 aromatic rings. The first kappa shape index (κ1) is 12.1. The molecule has 15 heavy (non-hydrogen) atoms. The number of carbonyl (C=O) groups excluding carboxylic acids is 1. The number of rotatable bonds is 6. The second-order valence-corrected chi connectivity index (χ2v) is 5.05. The molecule has 2 N–H and O–H groups in total. The molecule has 84 valence electrons. The van der Waals surface area contributed by atoms with Gasteiger partial charge in [-0.15, -0.1) is 0 Å².